The number of rotatable bonds is 3. The zero-order valence-electron chi connectivity index (χ0n) is 15.3. The van der Waals surface area contributed by atoms with E-state index in [4.69, 9.17) is 9.72 Å². The Kier molecular flexibility index (Phi) is 4.47. The van der Waals surface area contributed by atoms with E-state index in [0.29, 0.717) is 13.2 Å². The molecular formula is C21H29NO3. The Hall–Kier alpha value is -1.23. The number of hydrogen-bond acceptors (Lipinski definition) is 4. The maximum Gasteiger partial charge on any atom is 0.0819 e. The zero-order chi connectivity index (χ0) is 17.6. The molecule has 1 fully saturated rings. The summed E-state index contributed by atoms with van der Waals surface area (Å²) in [5.41, 5.74) is 6.50. The summed E-state index contributed by atoms with van der Waals surface area (Å²) < 4.78 is 5.49. The van der Waals surface area contributed by atoms with Gasteiger partial charge in [-0.2, -0.15) is 0 Å². The van der Waals surface area contributed by atoms with Crippen LogP contribution in [0, 0.1) is 5.41 Å². The lowest BCUT2D eigenvalue weighted by Crippen LogP contribution is -2.38. The van der Waals surface area contributed by atoms with Gasteiger partial charge in [0, 0.05) is 22.5 Å². The molecule has 1 aliphatic heterocycles. The number of ether oxygens (including phenoxy) is 1. The van der Waals surface area contributed by atoms with Gasteiger partial charge < -0.3 is 14.9 Å². The fourth-order valence-corrected chi connectivity index (χ4v) is 4.96. The van der Waals surface area contributed by atoms with Crippen molar-refractivity contribution in [2.24, 2.45) is 5.41 Å². The van der Waals surface area contributed by atoms with Gasteiger partial charge in [0.1, 0.15) is 0 Å². The molecule has 2 aliphatic carbocycles. The van der Waals surface area contributed by atoms with Crippen molar-refractivity contribution in [2.75, 3.05) is 13.2 Å². The van der Waals surface area contributed by atoms with Gasteiger partial charge in [0.05, 0.1) is 25.9 Å². The molecule has 0 bridgehead atoms. The Bertz CT molecular complexity index is 704. The highest BCUT2D eigenvalue weighted by atomic mass is 16.5. The van der Waals surface area contributed by atoms with E-state index in [1.165, 1.54) is 24.8 Å². The van der Waals surface area contributed by atoms with E-state index >= 15 is 0 Å². The molecule has 1 aromatic rings. The summed E-state index contributed by atoms with van der Waals surface area (Å²) in [7, 11) is 0. The second kappa shape index (κ2) is 6.49. The van der Waals surface area contributed by atoms with Gasteiger partial charge in [0.15, 0.2) is 0 Å². The van der Waals surface area contributed by atoms with Crippen molar-refractivity contribution in [3.63, 3.8) is 0 Å². The normalized spacial score (nSPS) is 24.8. The molecule has 0 aromatic carbocycles. The Balaban J connectivity index is 1.92. The number of fused-ring (bicyclic) bond motifs is 1. The molecule has 0 amide bonds. The monoisotopic (exact) mass is 343 g/mol. The van der Waals surface area contributed by atoms with E-state index in [9.17, 15) is 10.2 Å². The molecule has 4 nitrogen and oxygen atoms in total. The van der Waals surface area contributed by atoms with Crippen LogP contribution < -0.4 is 0 Å². The summed E-state index contributed by atoms with van der Waals surface area (Å²) in [5, 5.41) is 21.2. The number of aromatic nitrogens is 1. The SMILES string of the molecule is CC(C)c1nc2c(c(C3=CCOCC3)c1CO)C(O)CC1(CCC1)C2. The predicted molar refractivity (Wildman–Crippen MR) is 97.2 cm³/mol. The second-order valence-electron chi connectivity index (χ2n) is 8.33. The van der Waals surface area contributed by atoms with E-state index in [1.54, 1.807) is 0 Å². The molecule has 1 unspecified atom stereocenters. The number of pyridine rings is 1. The molecule has 25 heavy (non-hydrogen) atoms. The first-order valence-corrected chi connectivity index (χ1v) is 9.66. The van der Waals surface area contributed by atoms with Gasteiger partial charge in [0.2, 0.25) is 0 Å². The molecule has 0 radical (unpaired) electrons. The molecule has 1 spiro atoms. The van der Waals surface area contributed by atoms with Crippen LogP contribution in [0.3, 0.4) is 0 Å². The first-order valence-electron chi connectivity index (χ1n) is 9.66. The van der Waals surface area contributed by atoms with Crippen LogP contribution in [-0.2, 0) is 17.8 Å². The summed E-state index contributed by atoms with van der Waals surface area (Å²) in [5.74, 6) is 0.253. The van der Waals surface area contributed by atoms with Crippen LogP contribution in [0.25, 0.3) is 5.57 Å². The topological polar surface area (TPSA) is 62.6 Å². The quantitative estimate of drug-likeness (QED) is 0.879. The number of nitrogens with zero attached hydrogens (tertiary/aromatic N) is 1. The average molecular weight is 343 g/mol. The third-order valence-corrected chi connectivity index (χ3v) is 6.35. The maximum absolute atomic E-state index is 11.0. The third-order valence-electron chi connectivity index (χ3n) is 6.35. The fourth-order valence-electron chi connectivity index (χ4n) is 4.96. The van der Waals surface area contributed by atoms with Gasteiger partial charge in [-0.05, 0) is 54.6 Å². The van der Waals surface area contributed by atoms with Gasteiger partial charge in [-0.25, -0.2) is 0 Å². The van der Waals surface area contributed by atoms with E-state index in [2.05, 4.69) is 19.9 Å². The van der Waals surface area contributed by atoms with Crippen LogP contribution in [0.1, 0.15) is 86.1 Å². The van der Waals surface area contributed by atoms with E-state index < -0.39 is 6.10 Å². The van der Waals surface area contributed by atoms with Crippen LogP contribution in [-0.4, -0.2) is 28.4 Å². The lowest BCUT2D eigenvalue weighted by molar-refractivity contribution is 0.0240. The smallest absolute Gasteiger partial charge is 0.0819 e. The minimum atomic E-state index is -0.471. The standard InChI is InChI=1S/C21H29NO3/c1-13(2)20-15(12-23)18(14-4-8-25-9-5-14)19-16(22-20)10-21(6-3-7-21)11-17(19)24/h4,13,17,23-24H,3,5-12H2,1-2H3. The Labute approximate surface area is 149 Å². The Morgan fingerprint density at radius 2 is 2.16 bits per heavy atom. The van der Waals surface area contributed by atoms with Crippen LogP contribution in [0.4, 0.5) is 0 Å². The first kappa shape index (κ1) is 17.2. The van der Waals surface area contributed by atoms with Gasteiger partial charge in [-0.3, -0.25) is 4.98 Å². The van der Waals surface area contributed by atoms with Crippen LogP contribution in [0.2, 0.25) is 0 Å². The Morgan fingerprint density at radius 3 is 2.72 bits per heavy atom. The molecule has 2 N–H and O–H groups in total. The Morgan fingerprint density at radius 1 is 1.36 bits per heavy atom. The maximum atomic E-state index is 11.0. The summed E-state index contributed by atoms with van der Waals surface area (Å²) in [6.07, 6.45) is 7.96. The largest absolute Gasteiger partial charge is 0.392 e. The summed E-state index contributed by atoms with van der Waals surface area (Å²) in [6, 6.07) is 0. The highest BCUT2D eigenvalue weighted by molar-refractivity contribution is 5.73. The predicted octanol–water partition coefficient (Wildman–Crippen LogP) is 3.65. The molecule has 1 aromatic heterocycles. The minimum Gasteiger partial charge on any atom is -0.392 e. The zero-order valence-corrected chi connectivity index (χ0v) is 15.3. The number of hydrogen-bond donors (Lipinski definition) is 2. The first-order chi connectivity index (χ1) is 12.0. The lowest BCUT2D eigenvalue weighted by atomic mass is 9.59. The van der Waals surface area contributed by atoms with Crippen LogP contribution in [0.5, 0.6) is 0 Å². The molecule has 3 aliphatic rings. The highest BCUT2D eigenvalue weighted by Gasteiger charge is 2.45. The molecule has 1 atom stereocenters. The number of aliphatic hydroxyl groups is 2. The van der Waals surface area contributed by atoms with Crippen molar-refractivity contribution in [2.45, 2.75) is 71.0 Å². The van der Waals surface area contributed by atoms with Gasteiger partial charge in [-0.15, -0.1) is 0 Å². The third kappa shape index (κ3) is 2.84. The minimum absolute atomic E-state index is 0.0286. The van der Waals surface area contributed by atoms with Crippen LogP contribution >= 0.6 is 0 Å². The van der Waals surface area contributed by atoms with Gasteiger partial charge in [0.25, 0.3) is 0 Å². The highest BCUT2D eigenvalue weighted by Crippen LogP contribution is 2.54. The summed E-state index contributed by atoms with van der Waals surface area (Å²) in [4.78, 5) is 4.99. The van der Waals surface area contributed by atoms with Crippen molar-refractivity contribution in [1.82, 2.24) is 4.98 Å². The van der Waals surface area contributed by atoms with Crippen molar-refractivity contribution in [3.05, 3.63) is 34.2 Å². The van der Waals surface area contributed by atoms with E-state index in [1.807, 2.05) is 0 Å². The lowest BCUT2D eigenvalue weighted by Gasteiger charge is -2.47. The molecule has 4 heteroatoms. The number of aliphatic hydroxyl groups excluding tert-OH is 2. The fraction of sp³-hybridized carbons (Fsp3) is 0.667. The molecule has 4 rings (SSSR count). The van der Waals surface area contributed by atoms with Crippen molar-refractivity contribution >= 4 is 5.57 Å². The molecule has 136 valence electrons. The molecular weight excluding hydrogens is 314 g/mol. The molecule has 0 saturated heterocycles. The van der Waals surface area contributed by atoms with Gasteiger partial charge in [-0.1, -0.05) is 26.3 Å². The van der Waals surface area contributed by atoms with Crippen molar-refractivity contribution < 1.29 is 14.9 Å². The van der Waals surface area contributed by atoms with Gasteiger partial charge >= 0.3 is 0 Å². The summed E-state index contributed by atoms with van der Waals surface area (Å²) in [6.45, 7) is 5.54. The average Bonchev–Trinajstić information content (AvgIpc) is 2.59. The van der Waals surface area contributed by atoms with Crippen molar-refractivity contribution in [3.8, 4) is 0 Å². The molecule has 2 heterocycles. The second-order valence-corrected chi connectivity index (χ2v) is 8.33. The van der Waals surface area contributed by atoms with E-state index in [-0.39, 0.29) is 17.9 Å². The molecule has 1 saturated carbocycles. The van der Waals surface area contributed by atoms with Crippen LogP contribution in [0.15, 0.2) is 6.08 Å². The van der Waals surface area contributed by atoms with Crippen molar-refractivity contribution in [1.29, 1.82) is 0 Å². The summed E-state index contributed by atoms with van der Waals surface area (Å²) >= 11 is 0. The van der Waals surface area contributed by atoms with E-state index in [0.717, 1.165) is 47.3 Å².